The monoisotopic (exact) mass is 497 g/mol. The zero-order valence-electron chi connectivity index (χ0n) is 21.1. The summed E-state index contributed by atoms with van der Waals surface area (Å²) in [7, 11) is 0. The summed E-state index contributed by atoms with van der Waals surface area (Å²) >= 11 is 0. The van der Waals surface area contributed by atoms with Crippen molar-refractivity contribution in [2.24, 2.45) is 0 Å². The molecule has 3 heterocycles. The highest BCUT2D eigenvalue weighted by Crippen LogP contribution is 2.38. The Morgan fingerprint density at radius 1 is 0.385 bits per heavy atom. The number of hydrogen-bond donors (Lipinski definition) is 1. The van der Waals surface area contributed by atoms with Crippen molar-refractivity contribution in [2.75, 3.05) is 0 Å². The van der Waals surface area contributed by atoms with Gasteiger partial charge < -0.3 is 14.1 Å². The predicted molar refractivity (Wildman–Crippen MR) is 164 cm³/mol. The summed E-state index contributed by atoms with van der Waals surface area (Å²) < 4.78 is 4.80. The first-order valence-corrected chi connectivity index (χ1v) is 13.4. The Balaban J connectivity index is 1.35. The summed E-state index contributed by atoms with van der Waals surface area (Å²) in [4.78, 5) is 3.75. The fourth-order valence-electron chi connectivity index (χ4n) is 6.63. The lowest BCUT2D eigenvalue weighted by Crippen LogP contribution is -1.95. The van der Waals surface area contributed by atoms with Crippen LogP contribution in [0.3, 0.4) is 0 Å². The number of rotatable bonds is 2. The van der Waals surface area contributed by atoms with Crippen LogP contribution in [0.5, 0.6) is 0 Å². The van der Waals surface area contributed by atoms with Gasteiger partial charge in [0.1, 0.15) is 0 Å². The minimum Gasteiger partial charge on any atom is -0.354 e. The summed E-state index contributed by atoms with van der Waals surface area (Å²) in [5.74, 6) is 0. The van der Waals surface area contributed by atoms with Gasteiger partial charge in [-0.1, -0.05) is 84.9 Å². The molecule has 1 N–H and O–H groups in total. The lowest BCUT2D eigenvalue weighted by molar-refractivity contribution is 1.18. The Labute approximate surface area is 224 Å². The molecule has 0 atom stereocenters. The van der Waals surface area contributed by atoms with Gasteiger partial charge >= 0.3 is 0 Å². The summed E-state index contributed by atoms with van der Waals surface area (Å²) in [6, 6.07) is 48.2. The number of benzene rings is 6. The molecule has 6 aromatic carbocycles. The van der Waals surface area contributed by atoms with Gasteiger partial charge in [0.2, 0.25) is 0 Å². The maximum Gasteiger partial charge on any atom is 0.0562 e. The number of aromatic amines is 1. The molecular weight excluding hydrogens is 474 g/mol. The van der Waals surface area contributed by atoms with Crippen LogP contribution < -0.4 is 0 Å². The third-order valence-electron chi connectivity index (χ3n) is 8.24. The van der Waals surface area contributed by atoms with E-state index < -0.39 is 0 Å². The van der Waals surface area contributed by atoms with Crippen molar-refractivity contribution in [1.29, 1.82) is 0 Å². The molecule has 0 unspecified atom stereocenters. The molecule has 0 radical (unpaired) electrons. The number of fused-ring (bicyclic) bond motifs is 9. The molecule has 39 heavy (non-hydrogen) atoms. The first kappa shape index (κ1) is 20.7. The van der Waals surface area contributed by atoms with E-state index in [4.69, 9.17) is 0 Å². The van der Waals surface area contributed by atoms with E-state index in [1.807, 2.05) is 0 Å². The van der Waals surface area contributed by atoms with Gasteiger partial charge in [-0.3, -0.25) is 0 Å². The average Bonchev–Trinajstić information content (AvgIpc) is 3.64. The van der Waals surface area contributed by atoms with Crippen LogP contribution in [0.2, 0.25) is 0 Å². The smallest absolute Gasteiger partial charge is 0.0562 e. The lowest BCUT2D eigenvalue weighted by Gasteiger charge is -2.10. The molecule has 3 heteroatoms. The second kappa shape index (κ2) is 7.62. The minimum atomic E-state index is 1.14. The average molecular weight is 498 g/mol. The standard InChI is InChI=1S/C36H23N3/c1-5-15-31-24(10-1)25-11-2-6-16-32(25)38(31)23-20-21-28-30(22-23)37-29-14-9-19-35(36(28)29)39-33-17-7-3-12-26(33)27-13-4-8-18-34(27)39/h1-22,37H. The summed E-state index contributed by atoms with van der Waals surface area (Å²) in [6.45, 7) is 0. The zero-order chi connectivity index (χ0) is 25.5. The van der Waals surface area contributed by atoms with Crippen LogP contribution in [0, 0.1) is 0 Å². The second-order valence-corrected chi connectivity index (χ2v) is 10.3. The van der Waals surface area contributed by atoms with E-state index in [1.54, 1.807) is 0 Å². The molecule has 0 saturated carbocycles. The molecule has 3 aromatic heterocycles. The molecule has 9 aromatic rings. The highest BCUT2D eigenvalue weighted by molar-refractivity contribution is 6.16. The molecule has 0 fully saturated rings. The molecule has 0 aliphatic carbocycles. The second-order valence-electron chi connectivity index (χ2n) is 10.3. The van der Waals surface area contributed by atoms with E-state index in [2.05, 4.69) is 148 Å². The van der Waals surface area contributed by atoms with Gasteiger partial charge in [-0.15, -0.1) is 0 Å². The largest absolute Gasteiger partial charge is 0.354 e. The van der Waals surface area contributed by atoms with Crippen LogP contribution in [0.1, 0.15) is 0 Å². The molecule has 182 valence electrons. The normalized spacial score (nSPS) is 12.1. The van der Waals surface area contributed by atoms with Crippen molar-refractivity contribution in [2.45, 2.75) is 0 Å². The quantitative estimate of drug-likeness (QED) is 0.246. The molecule has 0 bridgehead atoms. The molecule has 9 rings (SSSR count). The first-order valence-electron chi connectivity index (χ1n) is 13.4. The highest BCUT2D eigenvalue weighted by atomic mass is 15.0. The van der Waals surface area contributed by atoms with Gasteiger partial charge in [-0.2, -0.15) is 0 Å². The van der Waals surface area contributed by atoms with Gasteiger partial charge in [-0.25, -0.2) is 0 Å². The van der Waals surface area contributed by atoms with E-state index in [9.17, 15) is 0 Å². The molecule has 0 aliphatic heterocycles. The van der Waals surface area contributed by atoms with Crippen LogP contribution in [-0.4, -0.2) is 14.1 Å². The molecule has 0 saturated heterocycles. The van der Waals surface area contributed by atoms with Crippen LogP contribution >= 0.6 is 0 Å². The summed E-state index contributed by atoms with van der Waals surface area (Å²) in [5.41, 5.74) is 9.53. The van der Waals surface area contributed by atoms with Crippen LogP contribution in [0.15, 0.2) is 133 Å². The molecule has 0 amide bonds. The Hall–Kier alpha value is -5.28. The Morgan fingerprint density at radius 3 is 1.46 bits per heavy atom. The van der Waals surface area contributed by atoms with E-state index >= 15 is 0 Å². The topological polar surface area (TPSA) is 25.6 Å². The number of H-pyrrole nitrogens is 1. The predicted octanol–water partition coefficient (Wildman–Crippen LogP) is 9.52. The Kier molecular flexibility index (Phi) is 4.05. The number of nitrogens with zero attached hydrogens (tertiary/aromatic N) is 2. The Bertz CT molecular complexity index is 2290. The van der Waals surface area contributed by atoms with Crippen molar-refractivity contribution in [3.05, 3.63) is 133 Å². The Morgan fingerprint density at radius 2 is 0.897 bits per heavy atom. The minimum absolute atomic E-state index is 1.14. The van der Waals surface area contributed by atoms with Crippen molar-refractivity contribution in [3.63, 3.8) is 0 Å². The van der Waals surface area contributed by atoms with Crippen LogP contribution in [-0.2, 0) is 0 Å². The zero-order valence-corrected chi connectivity index (χ0v) is 21.1. The SMILES string of the molecule is c1cc(-n2c3ccccc3c3ccccc32)c2c(c1)[nH]c1cc(-n3c4ccccc4c4ccccc43)ccc12. The molecule has 0 spiro atoms. The van der Waals surface area contributed by atoms with E-state index in [-0.39, 0.29) is 0 Å². The molecular formula is C36H23N3. The van der Waals surface area contributed by atoms with Crippen molar-refractivity contribution < 1.29 is 0 Å². The van der Waals surface area contributed by atoms with Crippen molar-refractivity contribution in [3.8, 4) is 11.4 Å². The van der Waals surface area contributed by atoms with E-state index in [0.29, 0.717) is 0 Å². The van der Waals surface area contributed by atoms with Crippen LogP contribution in [0.4, 0.5) is 0 Å². The molecule has 3 nitrogen and oxygen atoms in total. The highest BCUT2D eigenvalue weighted by Gasteiger charge is 2.17. The number of para-hydroxylation sites is 4. The molecule has 0 aliphatic rings. The van der Waals surface area contributed by atoms with Gasteiger partial charge in [0.05, 0.1) is 27.8 Å². The third kappa shape index (κ3) is 2.76. The maximum atomic E-state index is 3.75. The maximum absolute atomic E-state index is 3.75. The fraction of sp³-hybridized carbons (Fsp3) is 0. The van der Waals surface area contributed by atoms with Gasteiger partial charge in [0, 0.05) is 49.0 Å². The lowest BCUT2D eigenvalue weighted by atomic mass is 10.1. The fourth-order valence-corrected chi connectivity index (χ4v) is 6.63. The van der Waals surface area contributed by atoms with Crippen molar-refractivity contribution >= 4 is 65.4 Å². The summed E-state index contributed by atoms with van der Waals surface area (Å²) in [6.07, 6.45) is 0. The van der Waals surface area contributed by atoms with Crippen molar-refractivity contribution in [1.82, 2.24) is 14.1 Å². The number of hydrogen-bond acceptors (Lipinski definition) is 0. The van der Waals surface area contributed by atoms with E-state index in [1.165, 1.54) is 60.1 Å². The first-order chi connectivity index (χ1) is 19.4. The van der Waals surface area contributed by atoms with Crippen LogP contribution in [0.25, 0.3) is 76.8 Å². The number of aromatic nitrogens is 3. The van der Waals surface area contributed by atoms with Gasteiger partial charge in [0.25, 0.3) is 0 Å². The van der Waals surface area contributed by atoms with Gasteiger partial charge in [0.15, 0.2) is 0 Å². The third-order valence-corrected chi connectivity index (χ3v) is 8.24. The number of nitrogens with one attached hydrogen (secondary N) is 1. The van der Waals surface area contributed by atoms with E-state index in [0.717, 1.165) is 16.7 Å². The summed E-state index contributed by atoms with van der Waals surface area (Å²) in [5, 5.41) is 7.58. The van der Waals surface area contributed by atoms with Gasteiger partial charge in [-0.05, 0) is 48.5 Å².